The van der Waals surface area contributed by atoms with Gasteiger partial charge in [-0.05, 0) is 25.7 Å². The summed E-state index contributed by atoms with van der Waals surface area (Å²) in [6, 6.07) is 0.531. The lowest BCUT2D eigenvalue weighted by atomic mass is 10.00. The van der Waals surface area contributed by atoms with E-state index in [9.17, 15) is 0 Å². The van der Waals surface area contributed by atoms with Gasteiger partial charge in [0.15, 0.2) is 16.7 Å². The fraction of sp³-hybridized carbons (Fsp3) is 0.667. The van der Waals surface area contributed by atoms with Crippen molar-refractivity contribution in [3.63, 3.8) is 0 Å². The minimum absolute atomic E-state index is 0.387. The van der Waals surface area contributed by atoms with Gasteiger partial charge in [-0.15, -0.1) is 0 Å². The van der Waals surface area contributed by atoms with E-state index < -0.39 is 0 Å². The molecule has 1 aromatic heterocycles. The molecule has 0 aromatic carbocycles. The van der Waals surface area contributed by atoms with E-state index in [1.807, 2.05) is 0 Å². The summed E-state index contributed by atoms with van der Waals surface area (Å²) in [5, 5.41) is 0.387. The van der Waals surface area contributed by atoms with Crippen LogP contribution in [-0.2, 0) is 0 Å². The Morgan fingerprint density at radius 3 is 3.00 bits per heavy atom. The van der Waals surface area contributed by atoms with Crippen LogP contribution in [0.5, 0.6) is 5.75 Å². The summed E-state index contributed by atoms with van der Waals surface area (Å²) in [6.45, 7) is 3.22. The third kappa shape index (κ3) is 2.46. The summed E-state index contributed by atoms with van der Waals surface area (Å²) in [7, 11) is 1.61. The molecule has 17 heavy (non-hydrogen) atoms. The molecule has 1 fully saturated rings. The molecule has 0 radical (unpaired) electrons. The summed E-state index contributed by atoms with van der Waals surface area (Å²) in [4.78, 5) is 10.6. The average molecular weight is 256 g/mol. The molecule has 0 bridgehead atoms. The zero-order valence-corrected chi connectivity index (χ0v) is 11.1. The number of hydrogen-bond donors (Lipinski definition) is 0. The molecule has 94 valence electrons. The van der Waals surface area contributed by atoms with Crippen LogP contribution < -0.4 is 9.64 Å². The van der Waals surface area contributed by atoms with E-state index in [2.05, 4.69) is 21.8 Å². The van der Waals surface area contributed by atoms with Gasteiger partial charge < -0.3 is 9.64 Å². The predicted molar refractivity (Wildman–Crippen MR) is 68.9 cm³/mol. The van der Waals surface area contributed by atoms with Crippen LogP contribution in [0.2, 0.25) is 5.15 Å². The van der Waals surface area contributed by atoms with Gasteiger partial charge in [0.05, 0.1) is 7.11 Å². The van der Waals surface area contributed by atoms with E-state index >= 15 is 0 Å². The Morgan fingerprint density at radius 1 is 1.47 bits per heavy atom. The van der Waals surface area contributed by atoms with Gasteiger partial charge in [-0.3, -0.25) is 0 Å². The Kier molecular flexibility index (Phi) is 4.05. The fourth-order valence-electron chi connectivity index (χ4n) is 2.43. The van der Waals surface area contributed by atoms with E-state index in [1.54, 1.807) is 7.11 Å². The Labute approximate surface area is 107 Å². The summed E-state index contributed by atoms with van der Waals surface area (Å²) >= 11 is 6.04. The van der Waals surface area contributed by atoms with Crippen molar-refractivity contribution in [1.29, 1.82) is 0 Å². The van der Waals surface area contributed by atoms with Gasteiger partial charge in [-0.2, -0.15) is 0 Å². The van der Waals surface area contributed by atoms with Crippen LogP contribution in [0.4, 0.5) is 5.82 Å². The molecule has 0 aliphatic carbocycles. The van der Waals surface area contributed by atoms with E-state index in [4.69, 9.17) is 16.3 Å². The summed E-state index contributed by atoms with van der Waals surface area (Å²) in [6.07, 6.45) is 6.31. The number of nitrogens with zero attached hydrogens (tertiary/aromatic N) is 3. The first-order chi connectivity index (χ1) is 8.27. The highest BCUT2D eigenvalue weighted by Crippen LogP contribution is 2.35. The highest BCUT2D eigenvalue weighted by atomic mass is 35.5. The van der Waals surface area contributed by atoms with Gasteiger partial charge in [-0.1, -0.05) is 18.5 Å². The normalized spacial score (nSPS) is 20.4. The zero-order chi connectivity index (χ0) is 12.3. The topological polar surface area (TPSA) is 38.2 Å². The molecule has 0 N–H and O–H groups in total. The van der Waals surface area contributed by atoms with Gasteiger partial charge >= 0.3 is 0 Å². The molecule has 0 saturated carbocycles. The molecular formula is C12H18ClN3O. The van der Waals surface area contributed by atoms with Crippen molar-refractivity contribution in [3.05, 3.63) is 11.5 Å². The highest BCUT2D eigenvalue weighted by Gasteiger charge is 2.25. The van der Waals surface area contributed by atoms with Crippen LogP contribution in [0.1, 0.15) is 32.6 Å². The lowest BCUT2D eigenvalue weighted by Crippen LogP contribution is -2.39. The third-order valence-electron chi connectivity index (χ3n) is 3.32. The molecule has 1 saturated heterocycles. The average Bonchev–Trinajstić information content (AvgIpc) is 2.38. The maximum atomic E-state index is 6.04. The van der Waals surface area contributed by atoms with Crippen LogP contribution in [0.3, 0.4) is 0 Å². The van der Waals surface area contributed by atoms with E-state index in [0.29, 0.717) is 16.9 Å². The molecule has 1 aliphatic heterocycles. The lowest BCUT2D eigenvalue weighted by Gasteiger charge is -2.36. The number of aromatic nitrogens is 2. The minimum atomic E-state index is 0.387. The molecule has 1 aromatic rings. The molecule has 2 heterocycles. The molecule has 1 unspecified atom stereocenters. The van der Waals surface area contributed by atoms with Crippen LogP contribution in [0.15, 0.2) is 6.33 Å². The second-order valence-corrected chi connectivity index (χ2v) is 4.63. The lowest BCUT2D eigenvalue weighted by molar-refractivity contribution is 0.397. The van der Waals surface area contributed by atoms with Crippen molar-refractivity contribution in [2.45, 2.75) is 38.6 Å². The molecule has 0 amide bonds. The SMILES string of the molecule is CCC1CCCCN1c1ncnc(Cl)c1OC. The number of rotatable bonds is 3. The van der Waals surface area contributed by atoms with Crippen molar-refractivity contribution in [2.24, 2.45) is 0 Å². The Morgan fingerprint density at radius 2 is 2.29 bits per heavy atom. The Hall–Kier alpha value is -1.03. The van der Waals surface area contributed by atoms with Crippen molar-refractivity contribution in [3.8, 4) is 5.75 Å². The molecule has 2 rings (SSSR count). The smallest absolute Gasteiger partial charge is 0.199 e. The molecule has 4 nitrogen and oxygen atoms in total. The molecule has 0 spiro atoms. The van der Waals surface area contributed by atoms with Gasteiger partial charge in [0.1, 0.15) is 6.33 Å². The minimum Gasteiger partial charge on any atom is -0.490 e. The second-order valence-electron chi connectivity index (χ2n) is 4.27. The van der Waals surface area contributed by atoms with E-state index in [-0.39, 0.29) is 0 Å². The number of ether oxygens (including phenoxy) is 1. The molecule has 1 aliphatic rings. The first-order valence-electron chi connectivity index (χ1n) is 6.09. The maximum absolute atomic E-state index is 6.04. The molecule has 1 atom stereocenters. The highest BCUT2D eigenvalue weighted by molar-refractivity contribution is 6.31. The van der Waals surface area contributed by atoms with Gasteiger partial charge in [0.2, 0.25) is 0 Å². The van der Waals surface area contributed by atoms with Crippen LogP contribution >= 0.6 is 11.6 Å². The Balaban J connectivity index is 2.34. The van der Waals surface area contributed by atoms with Crippen LogP contribution in [0, 0.1) is 0 Å². The van der Waals surface area contributed by atoms with Crippen LogP contribution in [0.25, 0.3) is 0 Å². The largest absolute Gasteiger partial charge is 0.490 e. The summed E-state index contributed by atoms with van der Waals surface area (Å²) in [5.41, 5.74) is 0. The van der Waals surface area contributed by atoms with Crippen molar-refractivity contribution < 1.29 is 4.74 Å². The van der Waals surface area contributed by atoms with E-state index in [1.165, 1.54) is 25.6 Å². The van der Waals surface area contributed by atoms with Gasteiger partial charge in [0, 0.05) is 12.6 Å². The first kappa shape index (κ1) is 12.4. The molecule has 5 heteroatoms. The number of methoxy groups -OCH3 is 1. The second kappa shape index (κ2) is 5.54. The van der Waals surface area contributed by atoms with Gasteiger partial charge in [-0.25, -0.2) is 9.97 Å². The Bertz CT molecular complexity index is 386. The number of halogens is 1. The fourth-order valence-corrected chi connectivity index (χ4v) is 2.63. The van der Waals surface area contributed by atoms with E-state index in [0.717, 1.165) is 18.8 Å². The monoisotopic (exact) mass is 255 g/mol. The third-order valence-corrected chi connectivity index (χ3v) is 3.59. The van der Waals surface area contributed by atoms with Gasteiger partial charge in [0.25, 0.3) is 0 Å². The standard InChI is InChI=1S/C12H18ClN3O/c1-3-9-6-4-5-7-16(9)12-10(17-2)11(13)14-8-15-12/h8-9H,3-7H2,1-2H3. The maximum Gasteiger partial charge on any atom is 0.199 e. The van der Waals surface area contributed by atoms with Crippen molar-refractivity contribution in [2.75, 3.05) is 18.6 Å². The van der Waals surface area contributed by atoms with Crippen LogP contribution in [-0.4, -0.2) is 29.7 Å². The number of anilines is 1. The zero-order valence-electron chi connectivity index (χ0n) is 10.3. The molecular weight excluding hydrogens is 238 g/mol. The van der Waals surface area contributed by atoms with Crippen molar-refractivity contribution in [1.82, 2.24) is 9.97 Å². The first-order valence-corrected chi connectivity index (χ1v) is 6.46. The predicted octanol–water partition coefficient (Wildman–Crippen LogP) is 2.91. The number of hydrogen-bond acceptors (Lipinski definition) is 4. The number of piperidine rings is 1. The summed E-state index contributed by atoms with van der Waals surface area (Å²) < 4.78 is 5.32. The summed E-state index contributed by atoms with van der Waals surface area (Å²) in [5.74, 6) is 1.42. The van der Waals surface area contributed by atoms with Crippen molar-refractivity contribution >= 4 is 17.4 Å². The quantitative estimate of drug-likeness (QED) is 0.779.